The molecule has 0 bridgehead atoms. The van der Waals surface area contributed by atoms with Crippen LogP contribution in [-0.4, -0.2) is 67.1 Å². The van der Waals surface area contributed by atoms with Crippen LogP contribution in [0.3, 0.4) is 0 Å². The lowest BCUT2D eigenvalue weighted by atomic mass is 9.95. The summed E-state index contributed by atoms with van der Waals surface area (Å²) in [4.78, 5) is 29.2. The molecular formula is C26H34N8O. The zero-order valence-corrected chi connectivity index (χ0v) is 21.3. The number of hydrogen-bond donors (Lipinski definition) is 2. The second-order valence-corrected chi connectivity index (χ2v) is 10.2. The van der Waals surface area contributed by atoms with Gasteiger partial charge in [-0.15, -0.1) is 0 Å². The molecule has 0 aliphatic carbocycles. The minimum Gasteiger partial charge on any atom is -0.369 e. The summed E-state index contributed by atoms with van der Waals surface area (Å²) in [6.45, 7) is 14.8. The fourth-order valence-corrected chi connectivity index (χ4v) is 5.40. The molecule has 1 saturated heterocycles. The number of nitrogens with two attached hydrogens (primary N) is 1. The van der Waals surface area contributed by atoms with E-state index in [1.165, 1.54) is 11.1 Å². The predicted octanol–water partition coefficient (Wildman–Crippen LogP) is 3.40. The Hall–Kier alpha value is -3.46. The summed E-state index contributed by atoms with van der Waals surface area (Å²) in [5.74, 6) is 0.951. The number of nitrogens with zero attached hydrogens (tertiary/aromatic N) is 6. The third-order valence-corrected chi connectivity index (χ3v) is 7.41. The number of piperazine rings is 1. The van der Waals surface area contributed by atoms with Crippen LogP contribution in [0.15, 0.2) is 24.7 Å². The fraction of sp³-hybridized carbons (Fsp3) is 0.462. The van der Waals surface area contributed by atoms with Crippen LogP contribution < -0.4 is 10.6 Å². The lowest BCUT2D eigenvalue weighted by Gasteiger charge is -2.44. The molecule has 3 N–H and O–H groups in total. The lowest BCUT2D eigenvalue weighted by Crippen LogP contribution is -2.58. The summed E-state index contributed by atoms with van der Waals surface area (Å²) in [6, 6.07) is 4.66. The SMILES string of the molecule is Cc1c(-c2[nH]c3ccc(N4C[C@@H](C)N(CC(N)=O)C[C@H]4C)nc3c2C(C)C)cn2ncnc2c1C. The molecular weight excluding hydrogens is 440 g/mol. The smallest absolute Gasteiger partial charge is 0.231 e. The van der Waals surface area contributed by atoms with Gasteiger partial charge in [0.1, 0.15) is 12.1 Å². The number of aromatic amines is 1. The molecule has 1 aliphatic heterocycles. The van der Waals surface area contributed by atoms with Crippen LogP contribution in [-0.2, 0) is 4.79 Å². The highest BCUT2D eigenvalue weighted by atomic mass is 16.1. The summed E-state index contributed by atoms with van der Waals surface area (Å²) in [7, 11) is 0. The molecule has 4 aromatic heterocycles. The number of anilines is 1. The van der Waals surface area contributed by atoms with Crippen molar-refractivity contribution >= 4 is 28.4 Å². The van der Waals surface area contributed by atoms with Crippen molar-refractivity contribution in [1.82, 2.24) is 29.5 Å². The molecule has 5 heterocycles. The average Bonchev–Trinajstić information content (AvgIpc) is 3.42. The molecule has 9 nitrogen and oxygen atoms in total. The first-order chi connectivity index (χ1) is 16.7. The molecule has 0 saturated carbocycles. The Morgan fingerprint density at radius 3 is 2.66 bits per heavy atom. The van der Waals surface area contributed by atoms with Gasteiger partial charge in [-0.1, -0.05) is 13.8 Å². The number of aromatic nitrogens is 5. The molecule has 2 atom stereocenters. The molecule has 1 aliphatic rings. The standard InChI is InChI=1S/C26H34N8O/c1-14(2)23-24(19-11-34-26(28-13-29-34)18(6)17(19)5)30-20-7-8-22(31-25(20)23)33-10-15(3)32(9-16(33)4)12-21(27)35/h7-8,11,13-16,30H,9-10,12H2,1-6H3,(H2,27,35)/t15-,16-/m1/s1. The highest BCUT2D eigenvalue weighted by Crippen LogP contribution is 2.38. The van der Waals surface area contributed by atoms with E-state index in [1.54, 1.807) is 6.33 Å². The van der Waals surface area contributed by atoms with Crippen LogP contribution in [0.5, 0.6) is 0 Å². The molecule has 1 amide bonds. The molecule has 35 heavy (non-hydrogen) atoms. The molecule has 0 aromatic carbocycles. The van der Waals surface area contributed by atoms with Gasteiger partial charge in [0, 0.05) is 42.5 Å². The van der Waals surface area contributed by atoms with E-state index in [4.69, 9.17) is 10.7 Å². The number of nitrogens with one attached hydrogen (secondary N) is 1. The van der Waals surface area contributed by atoms with Gasteiger partial charge >= 0.3 is 0 Å². The fourth-order valence-electron chi connectivity index (χ4n) is 5.40. The van der Waals surface area contributed by atoms with Crippen molar-refractivity contribution in [1.29, 1.82) is 0 Å². The zero-order chi connectivity index (χ0) is 25.0. The molecule has 5 rings (SSSR count). The van der Waals surface area contributed by atoms with Crippen molar-refractivity contribution in [2.24, 2.45) is 5.73 Å². The molecule has 1 fully saturated rings. The van der Waals surface area contributed by atoms with Crippen molar-refractivity contribution in [3.05, 3.63) is 41.3 Å². The number of carbonyl (C=O) groups excluding carboxylic acids is 1. The molecule has 184 valence electrons. The second-order valence-electron chi connectivity index (χ2n) is 10.2. The Labute approximate surface area is 205 Å². The van der Waals surface area contributed by atoms with Crippen LogP contribution >= 0.6 is 0 Å². The first-order valence-electron chi connectivity index (χ1n) is 12.3. The van der Waals surface area contributed by atoms with Crippen molar-refractivity contribution in [3.63, 3.8) is 0 Å². The summed E-state index contributed by atoms with van der Waals surface area (Å²) >= 11 is 0. The van der Waals surface area contributed by atoms with E-state index in [9.17, 15) is 4.79 Å². The normalized spacial score (nSPS) is 19.3. The average molecular weight is 475 g/mol. The van der Waals surface area contributed by atoms with Crippen molar-refractivity contribution in [3.8, 4) is 11.3 Å². The molecule has 0 unspecified atom stereocenters. The number of fused-ring (bicyclic) bond motifs is 2. The van der Waals surface area contributed by atoms with Crippen molar-refractivity contribution < 1.29 is 4.79 Å². The number of hydrogen-bond acceptors (Lipinski definition) is 6. The van der Waals surface area contributed by atoms with E-state index >= 15 is 0 Å². The van der Waals surface area contributed by atoms with Gasteiger partial charge in [-0.3, -0.25) is 9.69 Å². The van der Waals surface area contributed by atoms with E-state index < -0.39 is 0 Å². The van der Waals surface area contributed by atoms with Gasteiger partial charge in [0.25, 0.3) is 0 Å². The third kappa shape index (κ3) is 3.93. The van der Waals surface area contributed by atoms with Crippen LogP contribution in [0, 0.1) is 13.8 Å². The number of amides is 1. The molecule has 4 aromatic rings. The Balaban J connectivity index is 1.59. The van der Waals surface area contributed by atoms with E-state index in [1.807, 2.05) is 4.52 Å². The van der Waals surface area contributed by atoms with E-state index in [-0.39, 0.29) is 23.9 Å². The minimum atomic E-state index is -0.284. The van der Waals surface area contributed by atoms with Gasteiger partial charge in [-0.2, -0.15) is 5.10 Å². The maximum absolute atomic E-state index is 11.5. The zero-order valence-electron chi connectivity index (χ0n) is 21.3. The van der Waals surface area contributed by atoms with Gasteiger partial charge in [-0.05, 0) is 56.9 Å². The van der Waals surface area contributed by atoms with Gasteiger partial charge in [0.05, 0.1) is 23.3 Å². The van der Waals surface area contributed by atoms with Crippen LogP contribution in [0.2, 0.25) is 0 Å². The van der Waals surface area contributed by atoms with E-state index in [0.29, 0.717) is 6.54 Å². The summed E-state index contributed by atoms with van der Waals surface area (Å²) in [5, 5.41) is 4.39. The predicted molar refractivity (Wildman–Crippen MR) is 139 cm³/mol. The summed E-state index contributed by atoms with van der Waals surface area (Å²) in [6.07, 6.45) is 3.66. The molecule has 0 spiro atoms. The summed E-state index contributed by atoms with van der Waals surface area (Å²) < 4.78 is 1.85. The minimum absolute atomic E-state index is 0.211. The van der Waals surface area contributed by atoms with Gasteiger partial charge < -0.3 is 15.6 Å². The van der Waals surface area contributed by atoms with Crippen molar-refractivity contribution in [2.45, 2.75) is 59.5 Å². The first-order valence-corrected chi connectivity index (χ1v) is 12.3. The second kappa shape index (κ2) is 8.64. The Morgan fingerprint density at radius 2 is 1.94 bits per heavy atom. The van der Waals surface area contributed by atoms with Gasteiger partial charge in [0.15, 0.2) is 5.65 Å². The van der Waals surface area contributed by atoms with Crippen LogP contribution in [0.4, 0.5) is 5.82 Å². The number of pyridine rings is 2. The van der Waals surface area contributed by atoms with E-state index in [2.05, 4.69) is 84.7 Å². The summed E-state index contributed by atoms with van der Waals surface area (Å²) in [5.41, 5.74) is 14.1. The highest BCUT2D eigenvalue weighted by molar-refractivity contribution is 5.90. The van der Waals surface area contributed by atoms with Crippen LogP contribution in [0.25, 0.3) is 27.9 Å². The number of carbonyl (C=O) groups is 1. The lowest BCUT2D eigenvalue weighted by molar-refractivity contribution is -0.119. The quantitative estimate of drug-likeness (QED) is 0.459. The maximum atomic E-state index is 11.5. The first kappa shape index (κ1) is 23.3. The maximum Gasteiger partial charge on any atom is 0.231 e. The van der Waals surface area contributed by atoms with Gasteiger partial charge in [-0.25, -0.2) is 14.5 Å². The number of aryl methyl sites for hydroxylation is 1. The van der Waals surface area contributed by atoms with E-state index in [0.717, 1.165) is 52.4 Å². The van der Waals surface area contributed by atoms with Crippen LogP contribution in [0.1, 0.15) is 50.3 Å². The van der Waals surface area contributed by atoms with Crippen molar-refractivity contribution in [2.75, 3.05) is 24.5 Å². The topological polar surface area (TPSA) is 108 Å². The molecule has 9 heteroatoms. The van der Waals surface area contributed by atoms with Gasteiger partial charge in [0.2, 0.25) is 5.91 Å². The Kier molecular flexibility index (Phi) is 5.75. The largest absolute Gasteiger partial charge is 0.369 e. The number of H-pyrrole nitrogens is 1. The number of primary amides is 1. The number of rotatable bonds is 5. The Morgan fingerprint density at radius 1 is 1.17 bits per heavy atom. The molecule has 0 radical (unpaired) electrons. The monoisotopic (exact) mass is 474 g/mol. The third-order valence-electron chi connectivity index (χ3n) is 7.41. The highest BCUT2D eigenvalue weighted by Gasteiger charge is 2.31. The Bertz CT molecular complexity index is 1420.